The first-order chi connectivity index (χ1) is 14.3. The molecule has 1 N–H and O–H groups in total. The van der Waals surface area contributed by atoms with E-state index in [1.165, 1.54) is 12.1 Å². The summed E-state index contributed by atoms with van der Waals surface area (Å²) in [4.78, 5) is 28.0. The number of hydrogen-bond acceptors (Lipinski definition) is 4. The molecule has 1 aromatic carbocycles. The summed E-state index contributed by atoms with van der Waals surface area (Å²) in [6.07, 6.45) is 1.20. The second kappa shape index (κ2) is 8.02. The van der Waals surface area contributed by atoms with Gasteiger partial charge in [0.15, 0.2) is 11.6 Å². The maximum atomic E-state index is 13.7. The lowest BCUT2D eigenvalue weighted by molar-refractivity contribution is -0.136. The monoisotopic (exact) mass is 423 g/mol. The molecule has 1 aromatic rings. The van der Waals surface area contributed by atoms with Crippen LogP contribution in [0.5, 0.6) is 5.75 Å². The molecule has 0 bridgehead atoms. The van der Waals surface area contributed by atoms with E-state index < -0.39 is 11.6 Å². The van der Waals surface area contributed by atoms with E-state index in [4.69, 9.17) is 9.47 Å². The van der Waals surface area contributed by atoms with Gasteiger partial charge in [0.2, 0.25) is 5.91 Å². The summed E-state index contributed by atoms with van der Waals surface area (Å²) in [6.45, 7) is 6.07. The van der Waals surface area contributed by atoms with Crippen LogP contribution in [-0.4, -0.2) is 72.8 Å². The molecule has 2 aliphatic heterocycles. The molecule has 2 atom stereocenters. The van der Waals surface area contributed by atoms with E-state index >= 15 is 0 Å². The summed E-state index contributed by atoms with van der Waals surface area (Å²) in [6, 6.07) is 3.02. The van der Waals surface area contributed by atoms with Crippen molar-refractivity contribution >= 4 is 11.9 Å². The number of rotatable bonds is 5. The topological polar surface area (TPSA) is 71.1 Å². The van der Waals surface area contributed by atoms with E-state index in [1.54, 1.807) is 9.80 Å². The summed E-state index contributed by atoms with van der Waals surface area (Å²) < 4.78 is 37.8. The maximum Gasteiger partial charge on any atom is 0.320 e. The molecule has 4 rings (SSSR count). The number of carbonyl (C=O) groups is 2. The van der Waals surface area contributed by atoms with Crippen LogP contribution in [0.3, 0.4) is 0 Å². The Hall–Kier alpha value is -2.42. The first-order valence-corrected chi connectivity index (χ1v) is 10.3. The third kappa shape index (κ3) is 4.08. The molecule has 0 aromatic heterocycles. The molecule has 0 radical (unpaired) electrons. The zero-order chi connectivity index (χ0) is 21.5. The fraction of sp³-hybridized carbons (Fsp3) is 0.619. The normalized spacial score (nSPS) is 25.3. The van der Waals surface area contributed by atoms with Gasteiger partial charge < -0.3 is 24.6 Å². The second-order valence-corrected chi connectivity index (χ2v) is 8.59. The van der Waals surface area contributed by atoms with E-state index in [-0.39, 0.29) is 48.0 Å². The van der Waals surface area contributed by atoms with Gasteiger partial charge >= 0.3 is 6.03 Å². The van der Waals surface area contributed by atoms with Gasteiger partial charge in [-0.1, -0.05) is 0 Å². The standard InChI is InChI=1S/C21H27F2N3O4/c1-3-25(9-17-13(2)29-10-19(27)24-17)20(28)26-11-21(12-26)7-15(8-21)30-18-5-4-14(22)6-16(18)23/h4-6,13,15,17H,3,7-12H2,1-2H3,(H,24,27)/t13-,17+/m0/s1. The Morgan fingerprint density at radius 1 is 1.37 bits per heavy atom. The molecule has 7 nitrogen and oxygen atoms in total. The van der Waals surface area contributed by atoms with Gasteiger partial charge in [-0.05, 0) is 38.8 Å². The van der Waals surface area contributed by atoms with Gasteiger partial charge in [-0.2, -0.15) is 0 Å². The number of urea groups is 1. The van der Waals surface area contributed by atoms with E-state index in [1.807, 2.05) is 13.8 Å². The number of ether oxygens (including phenoxy) is 2. The molecule has 3 fully saturated rings. The largest absolute Gasteiger partial charge is 0.487 e. The van der Waals surface area contributed by atoms with Gasteiger partial charge in [0.05, 0.1) is 12.1 Å². The van der Waals surface area contributed by atoms with E-state index in [0.717, 1.165) is 18.9 Å². The Labute approximate surface area is 174 Å². The number of carbonyl (C=O) groups excluding carboxylic acids is 2. The van der Waals surface area contributed by atoms with E-state index in [2.05, 4.69) is 5.32 Å². The number of likely N-dealkylation sites (tertiary alicyclic amines) is 1. The van der Waals surface area contributed by atoms with Gasteiger partial charge in [0.25, 0.3) is 0 Å². The Kier molecular flexibility index (Phi) is 5.57. The average Bonchev–Trinajstić information content (AvgIpc) is 2.64. The molecule has 1 saturated carbocycles. The predicted octanol–water partition coefficient (Wildman–Crippen LogP) is 2.15. The van der Waals surface area contributed by atoms with Gasteiger partial charge in [-0.25, -0.2) is 13.6 Å². The van der Waals surface area contributed by atoms with Crippen molar-refractivity contribution in [3.05, 3.63) is 29.8 Å². The zero-order valence-electron chi connectivity index (χ0n) is 17.2. The maximum absolute atomic E-state index is 13.7. The average molecular weight is 423 g/mol. The molecule has 30 heavy (non-hydrogen) atoms. The van der Waals surface area contributed by atoms with Crippen molar-refractivity contribution in [2.24, 2.45) is 5.41 Å². The van der Waals surface area contributed by atoms with Crippen LogP contribution in [0.1, 0.15) is 26.7 Å². The third-order valence-corrected chi connectivity index (χ3v) is 6.29. The van der Waals surface area contributed by atoms with Crippen molar-refractivity contribution in [3.63, 3.8) is 0 Å². The highest BCUT2D eigenvalue weighted by Gasteiger charge is 2.55. The molecule has 1 aliphatic carbocycles. The number of halogens is 2. The minimum absolute atomic E-state index is 0.0195. The number of likely N-dealkylation sites (N-methyl/N-ethyl adjacent to an activating group) is 1. The van der Waals surface area contributed by atoms with Crippen LogP contribution in [0.25, 0.3) is 0 Å². The van der Waals surface area contributed by atoms with Gasteiger partial charge in [-0.3, -0.25) is 4.79 Å². The number of morpholine rings is 1. The smallest absolute Gasteiger partial charge is 0.320 e. The fourth-order valence-electron chi connectivity index (χ4n) is 4.56. The summed E-state index contributed by atoms with van der Waals surface area (Å²) in [7, 11) is 0. The lowest BCUT2D eigenvalue weighted by Crippen LogP contribution is -2.68. The predicted molar refractivity (Wildman–Crippen MR) is 104 cm³/mol. The number of hydrogen-bond donors (Lipinski definition) is 1. The summed E-state index contributed by atoms with van der Waals surface area (Å²) in [5.41, 5.74) is 0.0195. The Morgan fingerprint density at radius 2 is 2.10 bits per heavy atom. The molecular weight excluding hydrogens is 396 g/mol. The van der Waals surface area contributed by atoms with Crippen LogP contribution in [0.4, 0.5) is 13.6 Å². The van der Waals surface area contributed by atoms with Crippen molar-refractivity contribution in [2.45, 2.75) is 44.9 Å². The minimum Gasteiger partial charge on any atom is -0.487 e. The van der Waals surface area contributed by atoms with Crippen LogP contribution >= 0.6 is 0 Å². The zero-order valence-corrected chi connectivity index (χ0v) is 17.2. The van der Waals surface area contributed by atoms with Gasteiger partial charge in [0, 0.05) is 37.7 Å². The molecule has 164 valence electrons. The van der Waals surface area contributed by atoms with Crippen molar-refractivity contribution < 1.29 is 27.8 Å². The molecule has 3 aliphatic rings. The van der Waals surface area contributed by atoms with E-state index in [0.29, 0.717) is 26.2 Å². The highest BCUT2D eigenvalue weighted by Crippen LogP contribution is 2.50. The molecule has 9 heteroatoms. The third-order valence-electron chi connectivity index (χ3n) is 6.29. The molecule has 2 heterocycles. The van der Waals surface area contributed by atoms with E-state index in [9.17, 15) is 18.4 Å². The van der Waals surface area contributed by atoms with Crippen LogP contribution in [0.15, 0.2) is 18.2 Å². The molecule has 0 unspecified atom stereocenters. The summed E-state index contributed by atoms with van der Waals surface area (Å²) in [5, 5.41) is 2.89. The Balaban J connectivity index is 1.25. The summed E-state index contributed by atoms with van der Waals surface area (Å²) >= 11 is 0. The number of nitrogens with one attached hydrogen (secondary N) is 1. The minimum atomic E-state index is -0.701. The molecule has 2 saturated heterocycles. The Bertz CT molecular complexity index is 822. The Morgan fingerprint density at radius 3 is 2.77 bits per heavy atom. The second-order valence-electron chi connectivity index (χ2n) is 8.59. The number of benzene rings is 1. The SMILES string of the molecule is CCN(C[C@H]1NC(=O)CO[C@H]1C)C(=O)N1CC2(CC(Oc3ccc(F)cc3F)C2)C1. The van der Waals surface area contributed by atoms with Crippen LogP contribution in [0.2, 0.25) is 0 Å². The lowest BCUT2D eigenvalue weighted by atomic mass is 9.62. The molecule has 3 amide bonds. The van der Waals surface area contributed by atoms with Crippen molar-refractivity contribution in [1.29, 1.82) is 0 Å². The molecule has 1 spiro atoms. The first-order valence-electron chi connectivity index (χ1n) is 10.3. The van der Waals surface area contributed by atoms with Crippen molar-refractivity contribution in [1.82, 2.24) is 15.1 Å². The lowest BCUT2D eigenvalue weighted by Gasteiger charge is -2.59. The van der Waals surface area contributed by atoms with Gasteiger partial charge in [-0.15, -0.1) is 0 Å². The highest BCUT2D eigenvalue weighted by molar-refractivity contribution is 5.79. The van der Waals surface area contributed by atoms with Crippen molar-refractivity contribution in [2.75, 3.05) is 32.8 Å². The summed E-state index contributed by atoms with van der Waals surface area (Å²) in [5.74, 6) is -1.44. The van der Waals surface area contributed by atoms with Gasteiger partial charge in [0.1, 0.15) is 18.5 Å². The van der Waals surface area contributed by atoms with Crippen LogP contribution < -0.4 is 10.1 Å². The van der Waals surface area contributed by atoms with Crippen LogP contribution in [0, 0.1) is 17.0 Å². The number of nitrogens with zero attached hydrogens (tertiary/aromatic N) is 2. The van der Waals surface area contributed by atoms with Crippen LogP contribution in [-0.2, 0) is 9.53 Å². The van der Waals surface area contributed by atoms with Crippen molar-refractivity contribution in [3.8, 4) is 5.75 Å². The molecular formula is C21H27F2N3O4. The number of amides is 3. The first kappa shape index (κ1) is 20.8. The quantitative estimate of drug-likeness (QED) is 0.788. The highest BCUT2D eigenvalue weighted by atomic mass is 19.1. The fourth-order valence-corrected chi connectivity index (χ4v) is 4.56.